The third kappa shape index (κ3) is 1.87. The molecule has 0 saturated heterocycles. The molecule has 0 radical (unpaired) electrons. The molecule has 19 heavy (non-hydrogen) atoms. The van der Waals surface area contributed by atoms with Gasteiger partial charge in [0.25, 0.3) is 0 Å². The second kappa shape index (κ2) is 4.12. The van der Waals surface area contributed by atoms with Crippen LogP contribution in [0.15, 0.2) is 24.3 Å². The van der Waals surface area contributed by atoms with Gasteiger partial charge in [0.2, 0.25) is 0 Å². The normalized spacial score (nSPS) is 11.6. The van der Waals surface area contributed by atoms with E-state index >= 15 is 0 Å². The summed E-state index contributed by atoms with van der Waals surface area (Å²) in [7, 11) is 0. The highest BCUT2D eigenvalue weighted by molar-refractivity contribution is 5.82. The highest BCUT2D eigenvalue weighted by Crippen LogP contribution is 2.26. The number of nitrogens with zero attached hydrogens (tertiary/aromatic N) is 3. The number of H-pyrrole nitrogens is 1. The topological polar surface area (TPSA) is 72.5 Å². The quantitative estimate of drug-likeness (QED) is 0.739. The summed E-state index contributed by atoms with van der Waals surface area (Å²) in [5.41, 5.74) is 9.75. The van der Waals surface area contributed by atoms with Crippen LogP contribution in [-0.2, 0) is 0 Å². The van der Waals surface area contributed by atoms with Gasteiger partial charge < -0.3 is 10.3 Å². The van der Waals surface area contributed by atoms with Gasteiger partial charge in [-0.15, -0.1) is 0 Å². The highest BCUT2D eigenvalue weighted by atomic mass is 15.2. The van der Waals surface area contributed by atoms with Crippen molar-refractivity contribution in [1.29, 1.82) is 0 Å². The first-order chi connectivity index (χ1) is 9.06. The number of hydrogen-bond acceptors (Lipinski definition) is 3. The fraction of sp³-hybridized carbons (Fsp3) is 0.286. The van der Waals surface area contributed by atoms with Gasteiger partial charge in [0.15, 0.2) is 0 Å². The molecule has 0 amide bonds. The van der Waals surface area contributed by atoms with Crippen LogP contribution in [0.3, 0.4) is 0 Å². The molecule has 98 valence electrons. The molecule has 0 fully saturated rings. The molecule has 2 aromatic heterocycles. The summed E-state index contributed by atoms with van der Waals surface area (Å²) in [5, 5.41) is 6.87. The largest absolute Gasteiger partial charge is 0.382 e. The molecule has 0 atom stereocenters. The minimum Gasteiger partial charge on any atom is -0.382 e. The van der Waals surface area contributed by atoms with E-state index in [9.17, 15) is 0 Å². The lowest BCUT2D eigenvalue weighted by molar-refractivity contribution is 0.600. The molecule has 3 N–H and O–H groups in total. The first kappa shape index (κ1) is 11.8. The number of rotatable bonds is 2. The molecule has 0 saturated carbocycles. The predicted octanol–water partition coefficient (Wildman–Crippen LogP) is 2.90. The Morgan fingerprint density at radius 3 is 2.68 bits per heavy atom. The number of imidazole rings is 1. The van der Waals surface area contributed by atoms with Gasteiger partial charge >= 0.3 is 0 Å². The number of aryl methyl sites for hydroxylation is 1. The Labute approximate surface area is 111 Å². The van der Waals surface area contributed by atoms with Crippen molar-refractivity contribution in [2.75, 3.05) is 5.73 Å². The van der Waals surface area contributed by atoms with Gasteiger partial charge in [-0.2, -0.15) is 5.10 Å². The van der Waals surface area contributed by atoms with E-state index in [1.807, 2.05) is 13.0 Å². The minimum absolute atomic E-state index is 0.402. The highest BCUT2D eigenvalue weighted by Gasteiger charge is 2.11. The summed E-state index contributed by atoms with van der Waals surface area (Å²) >= 11 is 0. The van der Waals surface area contributed by atoms with E-state index in [0.717, 1.165) is 28.1 Å². The fourth-order valence-electron chi connectivity index (χ4n) is 2.52. The average Bonchev–Trinajstić information content (AvgIpc) is 2.90. The van der Waals surface area contributed by atoms with Crippen molar-refractivity contribution in [1.82, 2.24) is 19.7 Å². The summed E-state index contributed by atoms with van der Waals surface area (Å²) in [6.07, 6.45) is 0. The number of benzene rings is 1. The lowest BCUT2D eigenvalue weighted by Crippen LogP contribution is -2.02. The van der Waals surface area contributed by atoms with E-state index in [-0.39, 0.29) is 0 Å². The second-order valence-corrected chi connectivity index (χ2v) is 5.03. The van der Waals surface area contributed by atoms with E-state index in [0.29, 0.717) is 11.9 Å². The van der Waals surface area contributed by atoms with Crippen molar-refractivity contribution in [3.8, 4) is 11.3 Å². The molecule has 5 heteroatoms. The van der Waals surface area contributed by atoms with Crippen molar-refractivity contribution in [2.24, 2.45) is 0 Å². The number of nitrogen functional groups attached to an aromatic ring is 1. The molecule has 0 aliphatic rings. The van der Waals surface area contributed by atoms with E-state index in [1.165, 1.54) is 0 Å². The Bertz CT molecular complexity index is 735. The molecular formula is C14H17N5. The predicted molar refractivity (Wildman–Crippen MR) is 76.8 cm³/mol. The van der Waals surface area contributed by atoms with Crippen LogP contribution in [0.2, 0.25) is 0 Å². The van der Waals surface area contributed by atoms with Crippen LogP contribution >= 0.6 is 0 Å². The smallest absolute Gasteiger partial charge is 0.145 e. The zero-order chi connectivity index (χ0) is 13.6. The lowest BCUT2D eigenvalue weighted by atomic mass is 10.1. The Balaban J connectivity index is 2.17. The van der Waals surface area contributed by atoms with Crippen molar-refractivity contribution < 1.29 is 0 Å². The van der Waals surface area contributed by atoms with Crippen molar-refractivity contribution >= 4 is 16.9 Å². The summed E-state index contributed by atoms with van der Waals surface area (Å²) in [6, 6.07) is 8.46. The van der Waals surface area contributed by atoms with Crippen LogP contribution in [0.25, 0.3) is 22.3 Å². The number of aromatic amines is 1. The molecule has 0 spiro atoms. The van der Waals surface area contributed by atoms with Gasteiger partial charge in [-0.25, -0.2) is 4.98 Å². The molecule has 1 aromatic carbocycles. The number of hydrogen-bond donors (Lipinski definition) is 2. The zero-order valence-electron chi connectivity index (χ0n) is 11.3. The molecule has 3 rings (SSSR count). The zero-order valence-corrected chi connectivity index (χ0v) is 11.3. The molecule has 0 aliphatic heterocycles. The summed E-state index contributed by atoms with van der Waals surface area (Å²) < 4.78 is 2.24. The maximum Gasteiger partial charge on any atom is 0.145 e. The Morgan fingerprint density at radius 1 is 1.26 bits per heavy atom. The first-order valence-corrected chi connectivity index (χ1v) is 6.36. The van der Waals surface area contributed by atoms with Crippen LogP contribution in [0.5, 0.6) is 0 Å². The Morgan fingerprint density at radius 2 is 2.05 bits per heavy atom. The van der Waals surface area contributed by atoms with Gasteiger partial charge in [-0.3, -0.25) is 5.10 Å². The number of nitrogens with two attached hydrogens (primary N) is 1. The summed E-state index contributed by atoms with van der Waals surface area (Å²) in [4.78, 5) is 4.62. The minimum atomic E-state index is 0.402. The maximum absolute atomic E-state index is 5.63. The molecule has 2 heterocycles. The molecule has 0 aliphatic carbocycles. The standard InChI is InChI=1S/C14H17N5/c1-8(2)19-9(3)16-12-6-10(4-5-13(12)19)11-7-14(15)18-17-11/h4-8H,1-3H3,(H3,15,17,18). The number of anilines is 1. The number of nitrogens with one attached hydrogen (secondary N) is 1. The number of fused-ring (bicyclic) bond motifs is 1. The van der Waals surface area contributed by atoms with Crippen LogP contribution in [0.4, 0.5) is 5.82 Å². The molecule has 3 aromatic rings. The summed E-state index contributed by atoms with van der Waals surface area (Å²) in [6.45, 7) is 6.36. The average molecular weight is 255 g/mol. The third-order valence-corrected chi connectivity index (χ3v) is 3.29. The van der Waals surface area contributed by atoms with Crippen molar-refractivity contribution in [3.05, 3.63) is 30.1 Å². The van der Waals surface area contributed by atoms with Crippen LogP contribution in [0, 0.1) is 6.92 Å². The van der Waals surface area contributed by atoms with Gasteiger partial charge in [0, 0.05) is 17.7 Å². The Hall–Kier alpha value is -2.30. The van der Waals surface area contributed by atoms with Gasteiger partial charge in [-0.1, -0.05) is 6.07 Å². The molecule has 0 unspecified atom stereocenters. The summed E-state index contributed by atoms with van der Waals surface area (Å²) in [5.74, 6) is 1.53. The van der Waals surface area contributed by atoms with Gasteiger partial charge in [-0.05, 0) is 32.9 Å². The van der Waals surface area contributed by atoms with Gasteiger partial charge in [0.1, 0.15) is 11.6 Å². The molecular weight excluding hydrogens is 238 g/mol. The van der Waals surface area contributed by atoms with Gasteiger partial charge in [0.05, 0.1) is 16.7 Å². The van der Waals surface area contributed by atoms with Crippen molar-refractivity contribution in [2.45, 2.75) is 26.8 Å². The van der Waals surface area contributed by atoms with Crippen molar-refractivity contribution in [3.63, 3.8) is 0 Å². The lowest BCUT2D eigenvalue weighted by Gasteiger charge is -2.10. The SMILES string of the molecule is Cc1nc2cc(-c3cc(N)n[nH]3)ccc2n1C(C)C. The Kier molecular flexibility index (Phi) is 2.55. The first-order valence-electron chi connectivity index (χ1n) is 6.36. The fourth-order valence-corrected chi connectivity index (χ4v) is 2.52. The van der Waals surface area contributed by atoms with Crippen LogP contribution < -0.4 is 5.73 Å². The molecule has 0 bridgehead atoms. The monoisotopic (exact) mass is 255 g/mol. The third-order valence-electron chi connectivity index (χ3n) is 3.29. The van der Waals surface area contributed by atoms with E-state index in [2.05, 4.69) is 51.8 Å². The number of aromatic nitrogens is 4. The molecule has 5 nitrogen and oxygen atoms in total. The van der Waals surface area contributed by atoms with E-state index < -0.39 is 0 Å². The van der Waals surface area contributed by atoms with E-state index in [1.54, 1.807) is 0 Å². The van der Waals surface area contributed by atoms with E-state index in [4.69, 9.17) is 5.73 Å². The maximum atomic E-state index is 5.63. The van der Waals surface area contributed by atoms with Crippen LogP contribution in [0.1, 0.15) is 25.7 Å². The second-order valence-electron chi connectivity index (χ2n) is 5.03. The van der Waals surface area contributed by atoms with Crippen LogP contribution in [-0.4, -0.2) is 19.7 Å².